The van der Waals surface area contributed by atoms with Crippen molar-refractivity contribution in [3.05, 3.63) is 47.7 Å². The van der Waals surface area contributed by atoms with Gasteiger partial charge in [0.05, 0.1) is 18.3 Å². The second-order valence-corrected chi connectivity index (χ2v) is 8.50. The first-order valence-corrected chi connectivity index (χ1v) is 10.1. The number of fused-ring (bicyclic) bond motifs is 1. The van der Waals surface area contributed by atoms with Gasteiger partial charge in [0, 0.05) is 18.5 Å². The van der Waals surface area contributed by atoms with Crippen molar-refractivity contribution in [2.45, 2.75) is 38.3 Å². The van der Waals surface area contributed by atoms with Crippen molar-refractivity contribution in [3.8, 4) is 0 Å². The molecule has 0 saturated heterocycles. The average molecular weight is 333 g/mol. The highest BCUT2D eigenvalue weighted by molar-refractivity contribution is 7.90. The monoisotopic (exact) mass is 333 g/mol. The van der Waals surface area contributed by atoms with Crippen molar-refractivity contribution in [3.63, 3.8) is 0 Å². The van der Waals surface area contributed by atoms with Crippen molar-refractivity contribution in [1.29, 1.82) is 0 Å². The number of hydrogen-bond donors (Lipinski definition) is 1. The van der Waals surface area contributed by atoms with Gasteiger partial charge in [0.15, 0.2) is 0 Å². The van der Waals surface area contributed by atoms with Gasteiger partial charge in [0.1, 0.15) is 15.7 Å². The molecule has 0 unspecified atom stereocenters. The van der Waals surface area contributed by atoms with Crippen molar-refractivity contribution in [2.24, 2.45) is 0 Å². The molecule has 3 rings (SSSR count). The van der Waals surface area contributed by atoms with Gasteiger partial charge in [0.25, 0.3) is 0 Å². The van der Waals surface area contributed by atoms with Crippen molar-refractivity contribution in [1.82, 2.24) is 9.78 Å². The van der Waals surface area contributed by atoms with E-state index in [1.165, 1.54) is 30.2 Å². The summed E-state index contributed by atoms with van der Waals surface area (Å²) in [6.07, 6.45) is 7.72. The second-order valence-electron chi connectivity index (χ2n) is 6.24. The van der Waals surface area contributed by atoms with E-state index in [2.05, 4.69) is 34.7 Å². The Morgan fingerprint density at radius 2 is 2.09 bits per heavy atom. The van der Waals surface area contributed by atoms with Gasteiger partial charge in [-0.05, 0) is 30.4 Å². The van der Waals surface area contributed by atoms with Gasteiger partial charge >= 0.3 is 0 Å². The van der Waals surface area contributed by atoms with Gasteiger partial charge in [-0.2, -0.15) is 5.10 Å². The Bertz CT molecular complexity index is 768. The number of hydrogen-bond acceptors (Lipinski definition) is 4. The predicted molar refractivity (Wildman–Crippen MR) is 92.3 cm³/mol. The Hall–Kier alpha value is -1.82. The van der Waals surface area contributed by atoms with Crippen molar-refractivity contribution >= 4 is 15.7 Å². The zero-order chi connectivity index (χ0) is 16.3. The third kappa shape index (κ3) is 4.34. The summed E-state index contributed by atoms with van der Waals surface area (Å²) in [7, 11) is -2.97. The van der Waals surface area contributed by atoms with Crippen LogP contribution >= 0.6 is 0 Å². The molecule has 0 bridgehead atoms. The van der Waals surface area contributed by atoms with E-state index in [0.717, 1.165) is 18.7 Å². The van der Waals surface area contributed by atoms with Gasteiger partial charge in [-0.15, -0.1) is 0 Å². The van der Waals surface area contributed by atoms with Crippen LogP contribution in [-0.4, -0.2) is 30.2 Å². The summed E-state index contributed by atoms with van der Waals surface area (Å²) in [6.45, 7) is 0.391. The summed E-state index contributed by atoms with van der Waals surface area (Å²) in [4.78, 5) is 0. The van der Waals surface area contributed by atoms with Crippen LogP contribution in [0.5, 0.6) is 0 Å². The average Bonchev–Trinajstić information content (AvgIpc) is 2.86. The molecule has 1 heterocycles. The van der Waals surface area contributed by atoms with Crippen molar-refractivity contribution in [2.75, 3.05) is 17.3 Å². The number of aryl methyl sites for hydroxylation is 2. The normalized spacial score (nSPS) is 18.2. The fraction of sp³-hybridized carbons (Fsp3) is 0.471. The summed E-state index contributed by atoms with van der Waals surface area (Å²) in [6, 6.07) is 10.8. The first-order valence-electron chi connectivity index (χ1n) is 8.07. The fourth-order valence-corrected chi connectivity index (χ4v) is 3.59. The molecule has 124 valence electrons. The standard InChI is InChI=1S/C17H23N3O2S/c1-23(21,22)13-12-20-11-10-17(19-20)18-16-9-5-3-7-14-6-2-4-8-15(14)16/h2,4,6,8,10-11,16H,3,5,7,9,12-13H2,1H3,(H,18,19)/t16-/m1/s1. The maximum Gasteiger partial charge on any atom is 0.149 e. The Kier molecular flexibility index (Phi) is 4.71. The van der Waals surface area contributed by atoms with Gasteiger partial charge in [-0.1, -0.05) is 30.7 Å². The highest BCUT2D eigenvalue weighted by Gasteiger charge is 2.18. The molecular formula is C17H23N3O2S. The van der Waals surface area contributed by atoms with Crippen LogP contribution in [0.4, 0.5) is 5.82 Å². The van der Waals surface area contributed by atoms with Crippen LogP contribution in [-0.2, 0) is 22.8 Å². The largest absolute Gasteiger partial charge is 0.362 e. The van der Waals surface area contributed by atoms with Crippen LogP contribution in [0.1, 0.15) is 36.4 Å². The molecule has 0 aliphatic heterocycles. The van der Waals surface area contributed by atoms with Gasteiger partial charge < -0.3 is 5.32 Å². The number of benzene rings is 1. The van der Waals surface area contributed by atoms with Crippen LogP contribution < -0.4 is 5.32 Å². The smallest absolute Gasteiger partial charge is 0.149 e. The Morgan fingerprint density at radius 3 is 2.91 bits per heavy atom. The van der Waals surface area contributed by atoms with Crippen LogP contribution in [0.15, 0.2) is 36.5 Å². The highest BCUT2D eigenvalue weighted by atomic mass is 32.2. The van der Waals surface area contributed by atoms with E-state index < -0.39 is 9.84 Å². The minimum atomic E-state index is -2.97. The van der Waals surface area contributed by atoms with E-state index in [9.17, 15) is 8.42 Å². The lowest BCUT2D eigenvalue weighted by atomic mass is 9.99. The quantitative estimate of drug-likeness (QED) is 0.855. The molecule has 0 saturated carbocycles. The number of aromatic nitrogens is 2. The van der Waals surface area contributed by atoms with Gasteiger partial charge in [-0.25, -0.2) is 8.42 Å². The highest BCUT2D eigenvalue weighted by Crippen LogP contribution is 2.30. The Morgan fingerprint density at radius 1 is 1.26 bits per heavy atom. The van der Waals surface area contributed by atoms with Crippen LogP contribution in [0.2, 0.25) is 0 Å². The second kappa shape index (κ2) is 6.74. The summed E-state index contributed by atoms with van der Waals surface area (Å²) in [5.41, 5.74) is 2.77. The molecule has 1 aliphatic carbocycles. The number of nitrogens with one attached hydrogen (secondary N) is 1. The molecule has 1 atom stereocenters. The lowest BCUT2D eigenvalue weighted by molar-refractivity contribution is 0.585. The molecule has 1 aliphatic rings. The molecule has 0 fully saturated rings. The summed E-state index contributed by atoms with van der Waals surface area (Å²) in [5.74, 6) is 0.917. The lowest BCUT2D eigenvalue weighted by Crippen LogP contribution is -2.14. The molecule has 0 radical (unpaired) electrons. The van der Waals surface area contributed by atoms with E-state index in [1.54, 1.807) is 4.68 Å². The molecule has 5 nitrogen and oxygen atoms in total. The Balaban J connectivity index is 1.71. The number of nitrogens with zero attached hydrogens (tertiary/aromatic N) is 2. The SMILES string of the molecule is CS(=O)(=O)CCn1ccc(N[C@@H]2CCCCc3ccccc32)n1. The van der Waals surface area contributed by atoms with E-state index in [0.29, 0.717) is 6.54 Å². The van der Waals surface area contributed by atoms with E-state index in [1.807, 2.05) is 12.3 Å². The van der Waals surface area contributed by atoms with E-state index >= 15 is 0 Å². The van der Waals surface area contributed by atoms with Gasteiger partial charge in [0.2, 0.25) is 0 Å². The van der Waals surface area contributed by atoms with Gasteiger partial charge in [-0.3, -0.25) is 4.68 Å². The van der Waals surface area contributed by atoms with Crippen LogP contribution in [0.25, 0.3) is 0 Å². The first-order chi connectivity index (χ1) is 11.0. The minimum Gasteiger partial charge on any atom is -0.362 e. The molecule has 1 aromatic heterocycles. The zero-order valence-corrected chi connectivity index (χ0v) is 14.2. The summed E-state index contributed by atoms with van der Waals surface area (Å²) >= 11 is 0. The molecule has 2 aromatic rings. The predicted octanol–water partition coefficient (Wildman–Crippen LogP) is 2.81. The summed E-state index contributed by atoms with van der Waals surface area (Å²) < 4.78 is 24.2. The third-order valence-electron chi connectivity index (χ3n) is 4.27. The first kappa shape index (κ1) is 16.1. The summed E-state index contributed by atoms with van der Waals surface area (Å²) in [5, 5.41) is 7.97. The van der Waals surface area contributed by atoms with E-state index in [4.69, 9.17) is 0 Å². The molecule has 1 N–H and O–H groups in total. The number of sulfone groups is 1. The Labute approximate surface area is 137 Å². The lowest BCUT2D eigenvalue weighted by Gasteiger charge is -2.19. The number of rotatable bonds is 5. The minimum absolute atomic E-state index is 0.111. The molecule has 23 heavy (non-hydrogen) atoms. The maximum atomic E-state index is 11.2. The maximum absolute atomic E-state index is 11.2. The molecule has 1 aromatic carbocycles. The van der Waals surface area contributed by atoms with E-state index in [-0.39, 0.29) is 11.8 Å². The topological polar surface area (TPSA) is 64.0 Å². The zero-order valence-electron chi connectivity index (χ0n) is 13.4. The third-order valence-corrected chi connectivity index (χ3v) is 5.20. The molecule has 0 amide bonds. The molecule has 0 spiro atoms. The van der Waals surface area contributed by atoms with Crippen LogP contribution in [0.3, 0.4) is 0 Å². The molecular weight excluding hydrogens is 310 g/mol. The van der Waals surface area contributed by atoms with Crippen LogP contribution in [0, 0.1) is 0 Å². The number of anilines is 1. The van der Waals surface area contributed by atoms with Crippen molar-refractivity contribution < 1.29 is 8.42 Å². The molecule has 6 heteroatoms. The fourth-order valence-electron chi connectivity index (χ4n) is 3.07.